The van der Waals surface area contributed by atoms with Gasteiger partial charge in [-0.05, 0) is 45.7 Å². The van der Waals surface area contributed by atoms with Crippen molar-refractivity contribution in [2.75, 3.05) is 26.2 Å². The minimum absolute atomic E-state index is 0.320. The van der Waals surface area contributed by atoms with E-state index in [4.69, 9.17) is 0 Å². The third-order valence-corrected chi connectivity index (χ3v) is 5.77. The Kier molecular flexibility index (Phi) is 4.71. The first-order valence-electron chi connectivity index (χ1n) is 7.76. The van der Waals surface area contributed by atoms with E-state index in [0.717, 1.165) is 26.1 Å². The van der Waals surface area contributed by atoms with Crippen molar-refractivity contribution in [3.05, 3.63) is 16.1 Å². The molecule has 20 heavy (non-hydrogen) atoms. The number of hydrogen-bond donors (Lipinski definition) is 1. The maximum Gasteiger partial charge on any atom is 0.0798 e. The molecule has 0 unspecified atom stereocenters. The summed E-state index contributed by atoms with van der Waals surface area (Å²) in [7, 11) is 0. The van der Waals surface area contributed by atoms with Crippen LogP contribution in [0.4, 0.5) is 0 Å². The Morgan fingerprint density at radius 3 is 2.70 bits per heavy atom. The monoisotopic (exact) mass is 295 g/mol. The van der Waals surface area contributed by atoms with E-state index in [-0.39, 0.29) is 0 Å². The fraction of sp³-hybridized carbons (Fsp3) is 0.800. The van der Waals surface area contributed by atoms with Gasteiger partial charge in [-0.3, -0.25) is 9.80 Å². The summed E-state index contributed by atoms with van der Waals surface area (Å²) in [5, 5.41) is 9.46. The second-order valence-corrected chi connectivity index (χ2v) is 7.04. The summed E-state index contributed by atoms with van der Waals surface area (Å²) in [6.07, 6.45) is 5.01. The van der Waals surface area contributed by atoms with Gasteiger partial charge in [0.05, 0.1) is 17.8 Å². The van der Waals surface area contributed by atoms with Gasteiger partial charge in [0.15, 0.2) is 0 Å². The molecule has 1 aromatic heterocycles. The maximum atomic E-state index is 9.46. The van der Waals surface area contributed by atoms with Crippen molar-refractivity contribution in [1.82, 2.24) is 14.8 Å². The van der Waals surface area contributed by atoms with Crippen molar-refractivity contribution >= 4 is 11.3 Å². The van der Waals surface area contributed by atoms with Crippen molar-refractivity contribution in [1.29, 1.82) is 0 Å². The Morgan fingerprint density at radius 1 is 1.25 bits per heavy atom. The molecular weight excluding hydrogens is 270 g/mol. The largest absolute Gasteiger partial charge is 0.395 e. The summed E-state index contributed by atoms with van der Waals surface area (Å²) < 4.78 is 0. The van der Waals surface area contributed by atoms with Crippen LogP contribution in [-0.2, 0) is 6.54 Å². The van der Waals surface area contributed by atoms with Gasteiger partial charge in [0.1, 0.15) is 0 Å². The molecule has 0 aromatic carbocycles. The second kappa shape index (κ2) is 6.52. The highest BCUT2D eigenvalue weighted by molar-refractivity contribution is 7.09. The van der Waals surface area contributed by atoms with Gasteiger partial charge in [0.2, 0.25) is 0 Å². The zero-order valence-corrected chi connectivity index (χ0v) is 13.1. The SMILES string of the molecule is Cc1ncsc1CN1CCC[C@@H]1CN1CCC[C@H]1CO. The molecule has 3 rings (SSSR count). The fourth-order valence-electron chi connectivity index (χ4n) is 3.59. The number of aryl methyl sites for hydroxylation is 1. The lowest BCUT2D eigenvalue weighted by atomic mass is 10.2. The molecule has 2 saturated heterocycles. The maximum absolute atomic E-state index is 9.46. The van der Waals surface area contributed by atoms with E-state index in [1.165, 1.54) is 36.4 Å². The highest BCUT2D eigenvalue weighted by Crippen LogP contribution is 2.26. The standard InChI is InChI=1S/C15H25N3OS/c1-12-15(20-11-16-12)9-18-7-2-4-13(18)8-17-6-3-5-14(17)10-19/h11,13-14,19H,2-10H2,1H3/t13-,14+/m1/s1. The molecule has 2 aliphatic rings. The topological polar surface area (TPSA) is 39.6 Å². The number of thiazole rings is 1. The van der Waals surface area contributed by atoms with Gasteiger partial charge in [0.25, 0.3) is 0 Å². The molecule has 112 valence electrons. The molecule has 0 saturated carbocycles. The van der Waals surface area contributed by atoms with E-state index in [2.05, 4.69) is 21.7 Å². The predicted molar refractivity (Wildman–Crippen MR) is 82.0 cm³/mol. The van der Waals surface area contributed by atoms with Crippen LogP contribution in [0.1, 0.15) is 36.3 Å². The van der Waals surface area contributed by atoms with Gasteiger partial charge in [-0.15, -0.1) is 11.3 Å². The zero-order valence-electron chi connectivity index (χ0n) is 12.3. The molecular formula is C15H25N3OS. The minimum Gasteiger partial charge on any atom is -0.395 e. The summed E-state index contributed by atoms with van der Waals surface area (Å²) in [5.41, 5.74) is 3.15. The highest BCUT2D eigenvalue weighted by atomic mass is 32.1. The first kappa shape index (κ1) is 14.4. The van der Waals surface area contributed by atoms with Crippen LogP contribution in [0.3, 0.4) is 0 Å². The van der Waals surface area contributed by atoms with E-state index in [0.29, 0.717) is 18.7 Å². The fourth-order valence-corrected chi connectivity index (χ4v) is 4.39. The molecule has 0 aliphatic carbocycles. The number of aliphatic hydroxyl groups excluding tert-OH is 1. The number of aromatic nitrogens is 1. The molecule has 2 atom stereocenters. The van der Waals surface area contributed by atoms with Crippen molar-refractivity contribution < 1.29 is 5.11 Å². The summed E-state index contributed by atoms with van der Waals surface area (Å²) >= 11 is 1.78. The van der Waals surface area contributed by atoms with Gasteiger partial charge in [-0.25, -0.2) is 4.98 Å². The average molecular weight is 295 g/mol. The molecule has 0 bridgehead atoms. The quantitative estimate of drug-likeness (QED) is 0.900. The van der Waals surface area contributed by atoms with Crippen LogP contribution in [0.2, 0.25) is 0 Å². The van der Waals surface area contributed by atoms with E-state index in [1.54, 1.807) is 11.3 Å². The lowest BCUT2D eigenvalue weighted by Gasteiger charge is -2.31. The van der Waals surface area contributed by atoms with Gasteiger partial charge >= 0.3 is 0 Å². The molecule has 0 amide bonds. The van der Waals surface area contributed by atoms with Gasteiger partial charge in [0, 0.05) is 30.1 Å². The van der Waals surface area contributed by atoms with Crippen molar-refractivity contribution in [3.63, 3.8) is 0 Å². The second-order valence-electron chi connectivity index (χ2n) is 6.10. The number of rotatable bonds is 5. The number of likely N-dealkylation sites (tertiary alicyclic amines) is 2. The Hall–Kier alpha value is -0.490. The molecule has 4 nitrogen and oxygen atoms in total. The zero-order chi connectivity index (χ0) is 13.9. The Morgan fingerprint density at radius 2 is 2.00 bits per heavy atom. The Balaban J connectivity index is 1.59. The van der Waals surface area contributed by atoms with E-state index < -0.39 is 0 Å². The first-order valence-corrected chi connectivity index (χ1v) is 8.64. The van der Waals surface area contributed by atoms with E-state index >= 15 is 0 Å². The molecule has 2 fully saturated rings. The number of nitrogens with zero attached hydrogens (tertiary/aromatic N) is 3. The van der Waals surface area contributed by atoms with Crippen molar-refractivity contribution in [2.24, 2.45) is 0 Å². The molecule has 1 aromatic rings. The van der Waals surface area contributed by atoms with Crippen LogP contribution < -0.4 is 0 Å². The van der Waals surface area contributed by atoms with E-state index in [9.17, 15) is 5.11 Å². The van der Waals surface area contributed by atoms with Crippen molar-refractivity contribution in [2.45, 2.75) is 51.2 Å². The molecule has 0 radical (unpaired) electrons. The third kappa shape index (κ3) is 3.06. The number of hydrogen-bond acceptors (Lipinski definition) is 5. The number of aliphatic hydroxyl groups is 1. The molecule has 0 spiro atoms. The lowest BCUT2D eigenvalue weighted by Crippen LogP contribution is -2.43. The third-order valence-electron chi connectivity index (χ3n) is 4.85. The van der Waals surface area contributed by atoms with Gasteiger partial charge in [-0.2, -0.15) is 0 Å². The van der Waals surface area contributed by atoms with Crippen LogP contribution in [-0.4, -0.2) is 58.2 Å². The predicted octanol–water partition coefficient (Wildman–Crippen LogP) is 1.87. The summed E-state index contributed by atoms with van der Waals surface area (Å²) in [6.45, 7) is 6.98. The van der Waals surface area contributed by atoms with E-state index in [1.807, 2.05) is 5.51 Å². The first-order chi connectivity index (χ1) is 9.78. The average Bonchev–Trinajstić information content (AvgIpc) is 3.15. The molecule has 5 heteroatoms. The van der Waals surface area contributed by atoms with Crippen LogP contribution in [0.5, 0.6) is 0 Å². The molecule has 2 aliphatic heterocycles. The molecule has 1 N–H and O–H groups in total. The minimum atomic E-state index is 0.320. The normalized spacial score (nSPS) is 28.5. The Labute approximate surface area is 125 Å². The van der Waals surface area contributed by atoms with Crippen molar-refractivity contribution in [3.8, 4) is 0 Å². The van der Waals surface area contributed by atoms with Crippen LogP contribution in [0.25, 0.3) is 0 Å². The smallest absolute Gasteiger partial charge is 0.0798 e. The Bertz CT molecular complexity index is 437. The van der Waals surface area contributed by atoms with Crippen LogP contribution in [0.15, 0.2) is 5.51 Å². The van der Waals surface area contributed by atoms with Gasteiger partial charge in [-0.1, -0.05) is 0 Å². The van der Waals surface area contributed by atoms with Crippen LogP contribution >= 0.6 is 11.3 Å². The summed E-state index contributed by atoms with van der Waals surface area (Å²) in [6, 6.07) is 1.06. The summed E-state index contributed by atoms with van der Waals surface area (Å²) in [5.74, 6) is 0. The highest BCUT2D eigenvalue weighted by Gasteiger charge is 2.31. The summed E-state index contributed by atoms with van der Waals surface area (Å²) in [4.78, 5) is 10.9. The van der Waals surface area contributed by atoms with Gasteiger partial charge < -0.3 is 5.11 Å². The molecule has 3 heterocycles. The van der Waals surface area contributed by atoms with Crippen LogP contribution in [0, 0.1) is 6.92 Å². The lowest BCUT2D eigenvalue weighted by molar-refractivity contribution is 0.120.